The Labute approximate surface area is 221 Å². The molecule has 0 aliphatic carbocycles. The fraction of sp³-hybridized carbons (Fsp3) is 0.423. The van der Waals surface area contributed by atoms with E-state index in [2.05, 4.69) is 41.1 Å². The number of aromatic nitrogens is 3. The van der Waals surface area contributed by atoms with Crippen LogP contribution in [-0.4, -0.2) is 68.9 Å². The van der Waals surface area contributed by atoms with Crippen molar-refractivity contribution in [2.45, 2.75) is 38.3 Å². The van der Waals surface area contributed by atoms with Crippen molar-refractivity contribution >= 4 is 40.9 Å². The molecule has 0 bridgehead atoms. The summed E-state index contributed by atoms with van der Waals surface area (Å²) in [6.07, 6.45) is 2.39. The molecule has 1 aliphatic heterocycles. The van der Waals surface area contributed by atoms with Crippen molar-refractivity contribution in [3.8, 4) is 17.1 Å². The number of piperazine rings is 1. The molecular formula is C26H31Cl2N5OS. The summed E-state index contributed by atoms with van der Waals surface area (Å²) in [5, 5.41) is 10.8. The molecule has 2 heterocycles. The van der Waals surface area contributed by atoms with Gasteiger partial charge in [0.05, 0.1) is 15.7 Å². The third kappa shape index (κ3) is 6.58. The van der Waals surface area contributed by atoms with Crippen molar-refractivity contribution in [3.05, 3.63) is 58.1 Å². The van der Waals surface area contributed by atoms with Crippen LogP contribution < -0.4 is 0 Å². The minimum Gasteiger partial charge on any atom is -0.340 e. The highest BCUT2D eigenvalue weighted by molar-refractivity contribution is 7.99. The molecule has 0 atom stereocenters. The quantitative estimate of drug-likeness (QED) is 0.251. The second-order valence-electron chi connectivity index (χ2n) is 8.73. The first-order chi connectivity index (χ1) is 17.0. The first-order valence-electron chi connectivity index (χ1n) is 12.1. The molecule has 1 aliphatic rings. The first-order valence-corrected chi connectivity index (χ1v) is 13.8. The SMILES string of the molecule is CCN1CCN(C(=O)CCCCSc2nnc(-c3ccc(C)cc3)n2-c2ccc(Cl)c(Cl)c2)CC1. The standard InChI is InChI=1S/C26H31Cl2N5OS/c1-3-31-13-15-32(16-14-31)24(34)6-4-5-17-35-26-30-29-25(20-9-7-19(2)8-10-20)33(26)21-11-12-22(27)23(28)18-21/h7-12,18H,3-6,13-17H2,1-2H3. The van der Waals surface area contributed by atoms with Gasteiger partial charge in [0.25, 0.3) is 0 Å². The number of hydrogen-bond acceptors (Lipinski definition) is 5. The van der Waals surface area contributed by atoms with Crippen molar-refractivity contribution in [3.63, 3.8) is 0 Å². The van der Waals surface area contributed by atoms with E-state index in [-0.39, 0.29) is 5.91 Å². The van der Waals surface area contributed by atoms with Crippen LogP contribution in [0, 0.1) is 6.92 Å². The van der Waals surface area contributed by atoms with Crippen LogP contribution in [0.1, 0.15) is 31.7 Å². The van der Waals surface area contributed by atoms with Crippen LogP contribution in [0.15, 0.2) is 47.6 Å². The first kappa shape index (κ1) is 26.0. The van der Waals surface area contributed by atoms with Gasteiger partial charge in [-0.3, -0.25) is 9.36 Å². The zero-order valence-electron chi connectivity index (χ0n) is 20.2. The number of rotatable bonds is 9. The van der Waals surface area contributed by atoms with Crippen molar-refractivity contribution in [1.82, 2.24) is 24.6 Å². The van der Waals surface area contributed by atoms with Crippen molar-refractivity contribution in [1.29, 1.82) is 0 Å². The Kier molecular flexibility index (Phi) is 9.11. The summed E-state index contributed by atoms with van der Waals surface area (Å²) < 4.78 is 2.02. The average molecular weight is 533 g/mol. The van der Waals surface area contributed by atoms with E-state index in [1.165, 1.54) is 5.56 Å². The molecule has 9 heteroatoms. The molecule has 1 fully saturated rings. The van der Waals surface area contributed by atoms with E-state index < -0.39 is 0 Å². The third-order valence-corrected chi connectivity index (χ3v) is 8.05. The lowest BCUT2D eigenvalue weighted by Gasteiger charge is -2.34. The molecule has 1 aromatic heterocycles. The Balaban J connectivity index is 1.40. The number of amides is 1. The number of thioether (sulfide) groups is 1. The summed E-state index contributed by atoms with van der Waals surface area (Å²) in [5.41, 5.74) is 3.03. The van der Waals surface area contributed by atoms with Crippen LogP contribution in [0.2, 0.25) is 10.0 Å². The van der Waals surface area contributed by atoms with Gasteiger partial charge in [-0.05, 0) is 44.5 Å². The fourth-order valence-electron chi connectivity index (χ4n) is 4.12. The second kappa shape index (κ2) is 12.3. The Morgan fingerprint density at radius 3 is 2.40 bits per heavy atom. The lowest BCUT2D eigenvalue weighted by atomic mass is 10.1. The molecule has 0 radical (unpaired) electrons. The molecule has 0 saturated carbocycles. The topological polar surface area (TPSA) is 54.3 Å². The Morgan fingerprint density at radius 2 is 1.71 bits per heavy atom. The predicted octanol–water partition coefficient (Wildman–Crippen LogP) is 5.98. The lowest BCUT2D eigenvalue weighted by Crippen LogP contribution is -2.48. The third-order valence-electron chi connectivity index (χ3n) is 6.29. The molecule has 0 spiro atoms. The van der Waals surface area contributed by atoms with Crippen LogP contribution >= 0.6 is 35.0 Å². The normalized spacial score (nSPS) is 14.5. The predicted molar refractivity (Wildman–Crippen MR) is 145 cm³/mol. The molecular weight excluding hydrogens is 501 g/mol. The number of aryl methyl sites for hydroxylation is 1. The van der Waals surface area contributed by atoms with Crippen LogP contribution in [0.25, 0.3) is 17.1 Å². The van der Waals surface area contributed by atoms with Crippen LogP contribution in [-0.2, 0) is 4.79 Å². The van der Waals surface area contributed by atoms with E-state index in [0.717, 1.165) is 73.5 Å². The number of hydrogen-bond donors (Lipinski definition) is 0. The summed E-state index contributed by atoms with van der Waals surface area (Å²) in [5.74, 6) is 1.88. The smallest absolute Gasteiger partial charge is 0.222 e. The molecule has 186 valence electrons. The summed E-state index contributed by atoms with van der Waals surface area (Å²) >= 11 is 14.1. The zero-order chi connectivity index (χ0) is 24.8. The highest BCUT2D eigenvalue weighted by Crippen LogP contribution is 2.32. The van der Waals surface area contributed by atoms with Crippen LogP contribution in [0.5, 0.6) is 0 Å². The van der Waals surface area contributed by atoms with Gasteiger partial charge >= 0.3 is 0 Å². The zero-order valence-corrected chi connectivity index (χ0v) is 22.5. The number of nitrogens with zero attached hydrogens (tertiary/aromatic N) is 5. The van der Waals surface area contributed by atoms with Gasteiger partial charge in [0.1, 0.15) is 0 Å². The highest BCUT2D eigenvalue weighted by Gasteiger charge is 2.20. The molecule has 0 N–H and O–H groups in total. The van der Waals surface area contributed by atoms with Gasteiger partial charge < -0.3 is 9.80 Å². The van der Waals surface area contributed by atoms with Crippen molar-refractivity contribution < 1.29 is 4.79 Å². The molecule has 0 unspecified atom stereocenters. The molecule has 2 aromatic carbocycles. The number of unbranched alkanes of at least 4 members (excludes halogenated alkanes) is 1. The number of carbonyl (C=O) groups is 1. The Morgan fingerprint density at radius 1 is 0.971 bits per heavy atom. The second-order valence-corrected chi connectivity index (χ2v) is 10.6. The minimum atomic E-state index is 0.270. The van der Waals surface area contributed by atoms with Crippen molar-refractivity contribution in [2.24, 2.45) is 0 Å². The Bertz CT molecular complexity index is 1140. The van der Waals surface area contributed by atoms with E-state index in [9.17, 15) is 4.79 Å². The summed E-state index contributed by atoms with van der Waals surface area (Å²) in [6, 6.07) is 13.8. The Hall–Kier alpha value is -2.06. The van der Waals surface area contributed by atoms with Gasteiger partial charge in [-0.15, -0.1) is 10.2 Å². The van der Waals surface area contributed by atoms with E-state index in [1.54, 1.807) is 17.8 Å². The number of carbonyl (C=O) groups excluding carboxylic acids is 1. The van der Waals surface area contributed by atoms with Gasteiger partial charge in [-0.25, -0.2) is 0 Å². The summed E-state index contributed by atoms with van der Waals surface area (Å²) in [7, 11) is 0. The van der Waals surface area contributed by atoms with Gasteiger partial charge in [-0.2, -0.15) is 0 Å². The van der Waals surface area contributed by atoms with E-state index >= 15 is 0 Å². The summed E-state index contributed by atoms with van der Waals surface area (Å²) in [4.78, 5) is 17.0. The average Bonchev–Trinajstić information content (AvgIpc) is 3.29. The molecule has 4 rings (SSSR count). The maximum Gasteiger partial charge on any atom is 0.222 e. The highest BCUT2D eigenvalue weighted by atomic mass is 35.5. The number of likely N-dealkylation sites (N-methyl/N-ethyl adjacent to an activating group) is 1. The molecule has 3 aromatic rings. The minimum absolute atomic E-state index is 0.270. The summed E-state index contributed by atoms with van der Waals surface area (Å²) in [6.45, 7) is 8.92. The van der Waals surface area contributed by atoms with Gasteiger partial charge in [0, 0.05) is 43.9 Å². The lowest BCUT2D eigenvalue weighted by molar-refractivity contribution is -0.133. The maximum atomic E-state index is 12.6. The maximum absolute atomic E-state index is 12.6. The van der Waals surface area contributed by atoms with Crippen molar-refractivity contribution in [2.75, 3.05) is 38.5 Å². The monoisotopic (exact) mass is 531 g/mol. The number of halogens is 2. The van der Waals surface area contributed by atoms with Crippen LogP contribution in [0.4, 0.5) is 0 Å². The largest absolute Gasteiger partial charge is 0.340 e. The number of benzene rings is 2. The van der Waals surface area contributed by atoms with Gasteiger partial charge in [0.15, 0.2) is 11.0 Å². The molecule has 1 saturated heterocycles. The van der Waals surface area contributed by atoms with Gasteiger partial charge in [-0.1, -0.05) is 71.7 Å². The fourth-order valence-corrected chi connectivity index (χ4v) is 5.37. The van der Waals surface area contributed by atoms with E-state index in [1.807, 2.05) is 33.7 Å². The molecule has 1 amide bonds. The molecule has 6 nitrogen and oxygen atoms in total. The van der Waals surface area contributed by atoms with E-state index in [0.29, 0.717) is 16.5 Å². The van der Waals surface area contributed by atoms with Gasteiger partial charge in [0.2, 0.25) is 5.91 Å². The molecule has 35 heavy (non-hydrogen) atoms. The van der Waals surface area contributed by atoms with E-state index in [4.69, 9.17) is 23.2 Å². The van der Waals surface area contributed by atoms with Crippen LogP contribution in [0.3, 0.4) is 0 Å².